The van der Waals surface area contributed by atoms with E-state index in [-0.39, 0.29) is 11.5 Å². The van der Waals surface area contributed by atoms with Gasteiger partial charge in [0.1, 0.15) is 4.83 Å². The van der Waals surface area contributed by atoms with Gasteiger partial charge in [0, 0.05) is 18.1 Å². The highest BCUT2D eigenvalue weighted by Gasteiger charge is 2.18. The summed E-state index contributed by atoms with van der Waals surface area (Å²) in [6.45, 7) is 3.52. The number of aryl methyl sites for hydroxylation is 1. The van der Waals surface area contributed by atoms with Crippen molar-refractivity contribution < 1.29 is 4.79 Å². The van der Waals surface area contributed by atoms with Gasteiger partial charge in [-0.1, -0.05) is 23.9 Å². The average molecular weight is 429 g/mol. The number of amides is 1. The predicted molar refractivity (Wildman–Crippen MR) is 116 cm³/mol. The SMILES string of the molecule is CC(=O)N(c1cccc(C)c1)c1nc(CSc2nc3sccc3c(=O)[nH]2)cs1. The van der Waals surface area contributed by atoms with E-state index in [0.29, 0.717) is 21.4 Å². The molecule has 0 saturated carbocycles. The van der Waals surface area contributed by atoms with E-state index < -0.39 is 0 Å². The van der Waals surface area contributed by atoms with Gasteiger partial charge in [-0.2, -0.15) is 0 Å². The lowest BCUT2D eigenvalue weighted by Crippen LogP contribution is -2.22. The monoisotopic (exact) mass is 428 g/mol. The molecule has 0 bridgehead atoms. The zero-order valence-electron chi connectivity index (χ0n) is 15.1. The Bertz CT molecular complexity index is 1210. The zero-order valence-corrected chi connectivity index (χ0v) is 17.6. The van der Waals surface area contributed by atoms with Crippen LogP contribution >= 0.6 is 34.4 Å². The molecule has 142 valence electrons. The van der Waals surface area contributed by atoms with E-state index in [2.05, 4.69) is 15.0 Å². The third-order valence-electron chi connectivity index (χ3n) is 3.98. The van der Waals surface area contributed by atoms with Gasteiger partial charge in [-0.05, 0) is 36.1 Å². The third kappa shape index (κ3) is 3.87. The molecule has 0 aliphatic rings. The highest BCUT2D eigenvalue weighted by Crippen LogP contribution is 2.31. The quantitative estimate of drug-likeness (QED) is 0.367. The van der Waals surface area contributed by atoms with Gasteiger partial charge < -0.3 is 4.98 Å². The Hall–Kier alpha value is -2.49. The van der Waals surface area contributed by atoms with E-state index in [0.717, 1.165) is 21.8 Å². The number of anilines is 2. The van der Waals surface area contributed by atoms with Crippen LogP contribution in [0.5, 0.6) is 0 Å². The van der Waals surface area contributed by atoms with Gasteiger partial charge in [-0.25, -0.2) is 9.97 Å². The summed E-state index contributed by atoms with van der Waals surface area (Å²) in [6.07, 6.45) is 0. The van der Waals surface area contributed by atoms with Crippen molar-refractivity contribution in [2.75, 3.05) is 4.90 Å². The van der Waals surface area contributed by atoms with Crippen LogP contribution in [0.4, 0.5) is 10.8 Å². The highest BCUT2D eigenvalue weighted by molar-refractivity contribution is 7.98. The Balaban J connectivity index is 1.54. The smallest absolute Gasteiger partial charge is 0.260 e. The summed E-state index contributed by atoms with van der Waals surface area (Å²) in [5.41, 5.74) is 2.58. The molecule has 3 aromatic heterocycles. The maximum atomic E-state index is 12.2. The van der Waals surface area contributed by atoms with Crippen LogP contribution in [0.15, 0.2) is 51.0 Å². The van der Waals surface area contributed by atoms with Crippen LogP contribution in [0.3, 0.4) is 0 Å². The molecule has 1 aromatic carbocycles. The fourth-order valence-electron chi connectivity index (χ4n) is 2.72. The normalized spacial score (nSPS) is 11.1. The molecule has 3 heterocycles. The first kappa shape index (κ1) is 18.9. The van der Waals surface area contributed by atoms with Crippen molar-refractivity contribution in [3.63, 3.8) is 0 Å². The summed E-state index contributed by atoms with van der Waals surface area (Å²) < 4.78 is 0. The number of benzene rings is 1. The number of aromatic amines is 1. The lowest BCUT2D eigenvalue weighted by atomic mass is 10.2. The Kier molecular flexibility index (Phi) is 5.29. The number of fused-ring (bicyclic) bond motifs is 1. The molecule has 0 fully saturated rings. The van der Waals surface area contributed by atoms with Crippen molar-refractivity contribution in [1.29, 1.82) is 0 Å². The van der Waals surface area contributed by atoms with Gasteiger partial charge in [0.2, 0.25) is 5.91 Å². The molecule has 0 saturated heterocycles. The summed E-state index contributed by atoms with van der Waals surface area (Å²) in [7, 11) is 0. The molecule has 0 unspecified atom stereocenters. The Labute approximate surface area is 173 Å². The van der Waals surface area contributed by atoms with Gasteiger partial charge >= 0.3 is 0 Å². The molecule has 9 heteroatoms. The maximum absolute atomic E-state index is 12.2. The van der Waals surface area contributed by atoms with Gasteiger partial charge in [0.25, 0.3) is 5.56 Å². The van der Waals surface area contributed by atoms with Gasteiger partial charge in [0.05, 0.1) is 16.8 Å². The number of thioether (sulfide) groups is 1. The van der Waals surface area contributed by atoms with Crippen molar-refractivity contribution in [3.05, 3.63) is 62.7 Å². The van der Waals surface area contributed by atoms with Crippen LogP contribution in [0.25, 0.3) is 10.2 Å². The number of rotatable bonds is 5. The summed E-state index contributed by atoms with van der Waals surface area (Å²) >= 11 is 4.28. The largest absolute Gasteiger partial charge is 0.301 e. The number of H-pyrrole nitrogens is 1. The van der Waals surface area contributed by atoms with Crippen LogP contribution in [0.1, 0.15) is 18.2 Å². The second-order valence-electron chi connectivity index (χ2n) is 6.11. The number of nitrogens with one attached hydrogen (secondary N) is 1. The summed E-state index contributed by atoms with van der Waals surface area (Å²) in [6, 6.07) is 9.55. The minimum atomic E-state index is -0.130. The Morgan fingerprint density at radius 3 is 2.89 bits per heavy atom. The van der Waals surface area contributed by atoms with Crippen LogP contribution in [-0.4, -0.2) is 20.9 Å². The second-order valence-corrected chi connectivity index (χ2v) is 8.81. The van der Waals surface area contributed by atoms with E-state index in [1.54, 1.807) is 11.0 Å². The standard InChI is InChI=1S/C19H16N4O2S3/c1-11-4-3-5-14(8-11)23(12(2)24)19-20-13(10-28-19)9-27-18-21-16(25)15-6-7-26-17(15)22-18/h3-8,10H,9H2,1-2H3,(H,21,22,25). The summed E-state index contributed by atoms with van der Waals surface area (Å²) in [5, 5.41) is 5.59. The second kappa shape index (κ2) is 7.86. The number of hydrogen-bond acceptors (Lipinski definition) is 7. The number of thiophene rings is 1. The van der Waals surface area contributed by atoms with Crippen molar-refractivity contribution in [2.24, 2.45) is 0 Å². The van der Waals surface area contributed by atoms with Crippen LogP contribution in [0.2, 0.25) is 0 Å². The van der Waals surface area contributed by atoms with E-state index in [1.165, 1.54) is 41.4 Å². The number of thiazole rings is 1. The number of aromatic nitrogens is 3. The lowest BCUT2D eigenvalue weighted by molar-refractivity contribution is -0.115. The molecule has 1 N–H and O–H groups in total. The van der Waals surface area contributed by atoms with Gasteiger partial charge in [-0.15, -0.1) is 22.7 Å². The van der Waals surface area contributed by atoms with Crippen molar-refractivity contribution >= 4 is 61.4 Å². The molecular formula is C19H16N4O2S3. The number of nitrogens with zero attached hydrogens (tertiary/aromatic N) is 3. The molecule has 0 radical (unpaired) electrons. The predicted octanol–water partition coefficient (Wildman–Crippen LogP) is 4.73. The fourth-order valence-corrected chi connectivity index (χ4v) is 5.28. The first-order chi connectivity index (χ1) is 13.5. The third-order valence-corrected chi connectivity index (χ3v) is 6.56. The van der Waals surface area contributed by atoms with E-state index >= 15 is 0 Å². The number of carbonyl (C=O) groups excluding carboxylic acids is 1. The molecule has 6 nitrogen and oxygen atoms in total. The molecule has 0 aliphatic heterocycles. The topological polar surface area (TPSA) is 79.0 Å². The molecule has 0 spiro atoms. The maximum Gasteiger partial charge on any atom is 0.260 e. The average Bonchev–Trinajstić information content (AvgIpc) is 3.30. The number of carbonyl (C=O) groups is 1. The van der Waals surface area contributed by atoms with Crippen LogP contribution in [-0.2, 0) is 10.5 Å². The molecule has 0 atom stereocenters. The van der Waals surface area contributed by atoms with E-state index in [9.17, 15) is 9.59 Å². The van der Waals surface area contributed by atoms with Crippen LogP contribution < -0.4 is 10.5 Å². The minimum absolute atomic E-state index is 0.0895. The first-order valence-electron chi connectivity index (χ1n) is 8.43. The first-order valence-corrected chi connectivity index (χ1v) is 11.2. The number of hydrogen-bond donors (Lipinski definition) is 1. The minimum Gasteiger partial charge on any atom is -0.301 e. The Morgan fingerprint density at radius 1 is 1.25 bits per heavy atom. The van der Waals surface area contributed by atoms with Gasteiger partial charge in [0.15, 0.2) is 10.3 Å². The molecule has 4 rings (SSSR count). The molecule has 28 heavy (non-hydrogen) atoms. The Morgan fingerprint density at radius 2 is 2.11 bits per heavy atom. The van der Waals surface area contributed by atoms with Crippen molar-refractivity contribution in [1.82, 2.24) is 15.0 Å². The molecular weight excluding hydrogens is 412 g/mol. The summed E-state index contributed by atoms with van der Waals surface area (Å²) in [4.78, 5) is 38.5. The van der Waals surface area contributed by atoms with E-state index in [4.69, 9.17) is 0 Å². The van der Waals surface area contributed by atoms with Crippen LogP contribution in [0, 0.1) is 6.92 Å². The van der Waals surface area contributed by atoms with Crippen molar-refractivity contribution in [3.8, 4) is 0 Å². The molecule has 4 aromatic rings. The lowest BCUT2D eigenvalue weighted by Gasteiger charge is -2.18. The molecule has 1 amide bonds. The molecule has 0 aliphatic carbocycles. The van der Waals surface area contributed by atoms with Gasteiger partial charge in [-0.3, -0.25) is 14.5 Å². The van der Waals surface area contributed by atoms with Crippen molar-refractivity contribution in [2.45, 2.75) is 24.8 Å². The summed E-state index contributed by atoms with van der Waals surface area (Å²) in [5.74, 6) is 0.462. The fraction of sp³-hybridized carbons (Fsp3) is 0.158. The highest BCUT2D eigenvalue weighted by atomic mass is 32.2. The van der Waals surface area contributed by atoms with E-state index in [1.807, 2.05) is 41.9 Å². The zero-order chi connectivity index (χ0) is 19.7.